The van der Waals surface area contributed by atoms with E-state index < -0.39 is 11.1 Å². The van der Waals surface area contributed by atoms with Gasteiger partial charge in [-0.3, -0.25) is 24.6 Å². The van der Waals surface area contributed by atoms with Gasteiger partial charge in [0, 0.05) is 11.6 Å². The van der Waals surface area contributed by atoms with Crippen molar-refractivity contribution in [3.63, 3.8) is 0 Å². The minimum absolute atomic E-state index is 0.0695. The summed E-state index contributed by atoms with van der Waals surface area (Å²) in [5, 5.41) is 4.31. The lowest BCUT2D eigenvalue weighted by atomic mass is 10.2. The molecule has 6 nitrogen and oxygen atoms in total. The number of carbonyl (C=O) groups excluding carboxylic acids is 1. The molecule has 1 aromatic heterocycles. The Bertz CT molecular complexity index is 498. The Kier molecular flexibility index (Phi) is 4.26. The van der Waals surface area contributed by atoms with E-state index in [-0.39, 0.29) is 18.0 Å². The summed E-state index contributed by atoms with van der Waals surface area (Å²) in [7, 11) is 0. The molecular formula is C10H12N2O4. The van der Waals surface area contributed by atoms with Gasteiger partial charge in [-0.1, -0.05) is 12.2 Å². The molecule has 6 heteroatoms. The highest BCUT2D eigenvalue weighted by Crippen LogP contribution is 1.94. The van der Waals surface area contributed by atoms with Crippen LogP contribution in [0, 0.1) is 0 Å². The number of hydrogen-bond acceptors (Lipinski definition) is 4. The third kappa shape index (κ3) is 3.56. The van der Waals surface area contributed by atoms with Gasteiger partial charge < -0.3 is 4.74 Å². The molecule has 0 bridgehead atoms. The molecule has 0 aliphatic carbocycles. The van der Waals surface area contributed by atoms with Crippen LogP contribution in [-0.4, -0.2) is 22.8 Å². The Balaban J connectivity index is 2.70. The van der Waals surface area contributed by atoms with Crippen molar-refractivity contribution in [1.29, 1.82) is 0 Å². The molecule has 86 valence electrons. The zero-order valence-electron chi connectivity index (χ0n) is 8.78. The second kappa shape index (κ2) is 5.69. The molecule has 0 spiro atoms. The lowest BCUT2D eigenvalue weighted by molar-refractivity contribution is -0.142. The summed E-state index contributed by atoms with van der Waals surface area (Å²) >= 11 is 0. The van der Waals surface area contributed by atoms with Crippen molar-refractivity contribution >= 4 is 12.0 Å². The van der Waals surface area contributed by atoms with Gasteiger partial charge in [0.05, 0.1) is 13.0 Å². The maximum atomic E-state index is 11.2. The maximum Gasteiger partial charge on any atom is 0.309 e. The van der Waals surface area contributed by atoms with Gasteiger partial charge in [0.1, 0.15) is 0 Å². The third-order valence-corrected chi connectivity index (χ3v) is 1.74. The number of aromatic amines is 2. The molecule has 2 N–H and O–H groups in total. The van der Waals surface area contributed by atoms with Crippen LogP contribution in [-0.2, 0) is 9.53 Å². The minimum atomic E-state index is -0.417. The molecule has 1 heterocycles. The van der Waals surface area contributed by atoms with Crippen molar-refractivity contribution < 1.29 is 9.53 Å². The van der Waals surface area contributed by atoms with Crippen LogP contribution < -0.4 is 11.1 Å². The molecule has 0 radical (unpaired) electrons. The number of rotatable bonds is 4. The van der Waals surface area contributed by atoms with Gasteiger partial charge in [-0.2, -0.15) is 0 Å². The molecular weight excluding hydrogens is 212 g/mol. The lowest BCUT2D eigenvalue weighted by Crippen LogP contribution is -2.19. The van der Waals surface area contributed by atoms with E-state index >= 15 is 0 Å². The first kappa shape index (κ1) is 12.0. The second-order valence-corrected chi connectivity index (χ2v) is 2.95. The normalized spacial score (nSPS) is 10.6. The zero-order valence-corrected chi connectivity index (χ0v) is 8.78. The fraction of sp³-hybridized carbons (Fsp3) is 0.300. The smallest absolute Gasteiger partial charge is 0.309 e. The molecule has 0 aliphatic heterocycles. The van der Waals surface area contributed by atoms with Crippen LogP contribution >= 0.6 is 0 Å². The molecule has 0 aliphatic rings. The summed E-state index contributed by atoms with van der Waals surface area (Å²) in [4.78, 5) is 33.0. The molecule has 1 aromatic rings. The number of ether oxygens (including phenoxy) is 1. The van der Waals surface area contributed by atoms with Crippen molar-refractivity contribution in [3.05, 3.63) is 38.4 Å². The van der Waals surface area contributed by atoms with Crippen LogP contribution in [0.25, 0.3) is 6.08 Å². The lowest BCUT2D eigenvalue weighted by Gasteiger charge is -1.96. The number of carbonyl (C=O) groups is 1. The molecule has 0 aromatic carbocycles. The number of aromatic nitrogens is 2. The highest BCUT2D eigenvalue weighted by molar-refractivity contribution is 5.72. The SMILES string of the molecule is CCOC(=O)CC=Cc1cc(=O)[nH][nH]c1=O. The van der Waals surface area contributed by atoms with E-state index in [0.717, 1.165) is 6.07 Å². The monoisotopic (exact) mass is 224 g/mol. The van der Waals surface area contributed by atoms with Crippen LogP contribution in [0.1, 0.15) is 18.9 Å². The predicted molar refractivity (Wildman–Crippen MR) is 58.0 cm³/mol. The van der Waals surface area contributed by atoms with Crippen molar-refractivity contribution in [3.8, 4) is 0 Å². The molecule has 0 unspecified atom stereocenters. The van der Waals surface area contributed by atoms with E-state index in [4.69, 9.17) is 0 Å². The molecule has 1 rings (SSSR count). The molecule has 0 saturated carbocycles. The summed E-state index contributed by atoms with van der Waals surface area (Å²) in [6.07, 6.45) is 2.95. The summed E-state index contributed by atoms with van der Waals surface area (Å²) in [5.74, 6) is -0.375. The van der Waals surface area contributed by atoms with E-state index in [1.165, 1.54) is 12.2 Å². The van der Waals surface area contributed by atoms with Crippen LogP contribution in [0.2, 0.25) is 0 Å². The second-order valence-electron chi connectivity index (χ2n) is 2.95. The van der Waals surface area contributed by atoms with Gasteiger partial charge in [-0.25, -0.2) is 0 Å². The van der Waals surface area contributed by atoms with Gasteiger partial charge >= 0.3 is 5.97 Å². The van der Waals surface area contributed by atoms with Crippen LogP contribution in [0.15, 0.2) is 21.7 Å². The molecule has 0 saturated heterocycles. The van der Waals surface area contributed by atoms with Gasteiger partial charge in [0.2, 0.25) is 0 Å². The molecule has 16 heavy (non-hydrogen) atoms. The van der Waals surface area contributed by atoms with Crippen molar-refractivity contribution in [2.45, 2.75) is 13.3 Å². The number of H-pyrrole nitrogens is 2. The van der Waals surface area contributed by atoms with Crippen molar-refractivity contribution in [2.24, 2.45) is 0 Å². The zero-order chi connectivity index (χ0) is 12.0. The van der Waals surface area contributed by atoms with Gasteiger partial charge in [0.15, 0.2) is 0 Å². The summed E-state index contributed by atoms with van der Waals surface area (Å²) in [6, 6.07) is 1.15. The first-order valence-corrected chi connectivity index (χ1v) is 4.77. The minimum Gasteiger partial charge on any atom is -0.466 e. The fourth-order valence-corrected chi connectivity index (χ4v) is 1.06. The predicted octanol–water partition coefficient (Wildman–Crippen LogP) is 0.0296. The molecule has 0 amide bonds. The van der Waals surface area contributed by atoms with E-state index in [1.807, 2.05) is 0 Å². The standard InChI is InChI=1S/C10H12N2O4/c1-2-16-9(14)5-3-4-7-6-8(13)11-12-10(7)15/h3-4,6H,2,5H2,1H3,(H,11,13)(H,12,15). The topological polar surface area (TPSA) is 92.0 Å². The Labute approximate surface area is 90.9 Å². The first-order chi connectivity index (χ1) is 7.63. The maximum absolute atomic E-state index is 11.2. The number of hydrogen-bond donors (Lipinski definition) is 2. The Morgan fingerprint density at radius 2 is 2.19 bits per heavy atom. The third-order valence-electron chi connectivity index (χ3n) is 1.74. The quantitative estimate of drug-likeness (QED) is 0.706. The average Bonchev–Trinajstić information content (AvgIpc) is 2.23. The highest BCUT2D eigenvalue weighted by atomic mass is 16.5. The highest BCUT2D eigenvalue weighted by Gasteiger charge is 1.98. The van der Waals surface area contributed by atoms with E-state index in [2.05, 4.69) is 14.9 Å². The van der Waals surface area contributed by atoms with Crippen molar-refractivity contribution in [1.82, 2.24) is 10.2 Å². The summed E-state index contributed by atoms with van der Waals surface area (Å²) in [6.45, 7) is 2.03. The first-order valence-electron chi connectivity index (χ1n) is 4.77. The largest absolute Gasteiger partial charge is 0.466 e. The Morgan fingerprint density at radius 1 is 1.44 bits per heavy atom. The molecule has 0 fully saturated rings. The Morgan fingerprint density at radius 3 is 2.88 bits per heavy atom. The van der Waals surface area contributed by atoms with Crippen LogP contribution in [0.3, 0.4) is 0 Å². The van der Waals surface area contributed by atoms with Gasteiger partial charge in [-0.05, 0) is 6.92 Å². The van der Waals surface area contributed by atoms with E-state index in [1.54, 1.807) is 6.92 Å². The van der Waals surface area contributed by atoms with Gasteiger partial charge in [0.25, 0.3) is 11.1 Å². The fourth-order valence-electron chi connectivity index (χ4n) is 1.06. The van der Waals surface area contributed by atoms with E-state index in [9.17, 15) is 14.4 Å². The average molecular weight is 224 g/mol. The Hall–Kier alpha value is -2.11. The van der Waals surface area contributed by atoms with Crippen molar-refractivity contribution in [2.75, 3.05) is 6.61 Å². The van der Waals surface area contributed by atoms with E-state index in [0.29, 0.717) is 6.61 Å². The summed E-state index contributed by atoms with van der Waals surface area (Å²) in [5.41, 5.74) is -0.622. The summed E-state index contributed by atoms with van der Waals surface area (Å²) < 4.78 is 4.69. The van der Waals surface area contributed by atoms with Crippen LogP contribution in [0.5, 0.6) is 0 Å². The molecule has 0 atom stereocenters. The van der Waals surface area contributed by atoms with Gasteiger partial charge in [-0.15, -0.1) is 0 Å². The number of nitrogens with one attached hydrogen (secondary N) is 2. The number of esters is 1. The van der Waals surface area contributed by atoms with Crippen LogP contribution in [0.4, 0.5) is 0 Å².